The van der Waals surface area contributed by atoms with Gasteiger partial charge in [-0.1, -0.05) is 41.9 Å². The molecule has 1 heterocycles. The molecule has 4 nitrogen and oxygen atoms in total. The molecule has 0 radical (unpaired) electrons. The molecule has 0 N–H and O–H groups in total. The maximum atomic E-state index is 12.4. The van der Waals surface area contributed by atoms with Crippen molar-refractivity contribution in [3.05, 3.63) is 69.5 Å². The van der Waals surface area contributed by atoms with Crippen LogP contribution >= 0.6 is 11.6 Å². The summed E-state index contributed by atoms with van der Waals surface area (Å²) in [5.74, 6) is -0.504. The van der Waals surface area contributed by atoms with E-state index in [0.717, 1.165) is 5.56 Å². The van der Waals surface area contributed by atoms with Crippen molar-refractivity contribution in [2.24, 2.45) is 0 Å². The largest absolute Gasteiger partial charge is 0.469 e. The predicted molar refractivity (Wildman–Crippen MR) is 88.7 cm³/mol. The maximum Gasteiger partial charge on any atom is 0.340 e. The third-order valence-corrected chi connectivity index (χ3v) is 3.81. The van der Waals surface area contributed by atoms with Crippen LogP contribution in [0.1, 0.15) is 5.56 Å². The summed E-state index contributed by atoms with van der Waals surface area (Å²) in [5, 5.41) is 1.20. The second-order valence-electron chi connectivity index (χ2n) is 5.00. The first-order chi connectivity index (χ1) is 11.1. The average molecular weight is 329 g/mol. The molecule has 116 valence electrons. The minimum Gasteiger partial charge on any atom is -0.469 e. The SMILES string of the molecule is COC(=O)Cc1c(-c2ccccc2)c2cc(Cl)ccc2oc1=O. The molecule has 0 spiro atoms. The normalized spacial score (nSPS) is 10.7. The monoisotopic (exact) mass is 328 g/mol. The van der Waals surface area contributed by atoms with E-state index in [4.69, 9.17) is 20.8 Å². The van der Waals surface area contributed by atoms with Gasteiger partial charge in [-0.15, -0.1) is 0 Å². The van der Waals surface area contributed by atoms with Crippen LogP contribution in [0.5, 0.6) is 0 Å². The van der Waals surface area contributed by atoms with Crippen molar-refractivity contribution < 1.29 is 13.9 Å². The van der Waals surface area contributed by atoms with E-state index < -0.39 is 11.6 Å². The molecule has 0 aliphatic carbocycles. The van der Waals surface area contributed by atoms with Crippen molar-refractivity contribution in [3.8, 4) is 11.1 Å². The Hall–Kier alpha value is -2.59. The number of ether oxygens (including phenoxy) is 1. The number of rotatable bonds is 3. The molecule has 5 heteroatoms. The summed E-state index contributed by atoms with van der Waals surface area (Å²) in [4.78, 5) is 24.0. The van der Waals surface area contributed by atoms with E-state index in [1.165, 1.54) is 7.11 Å². The van der Waals surface area contributed by atoms with E-state index in [1.807, 2.05) is 30.3 Å². The van der Waals surface area contributed by atoms with Gasteiger partial charge in [0.05, 0.1) is 19.1 Å². The van der Waals surface area contributed by atoms with Gasteiger partial charge in [-0.05, 0) is 23.8 Å². The van der Waals surface area contributed by atoms with Crippen LogP contribution in [0.2, 0.25) is 5.02 Å². The van der Waals surface area contributed by atoms with Gasteiger partial charge in [-0.2, -0.15) is 0 Å². The Morgan fingerprint density at radius 2 is 1.91 bits per heavy atom. The smallest absolute Gasteiger partial charge is 0.340 e. The Morgan fingerprint density at radius 1 is 1.17 bits per heavy atom. The molecular weight excluding hydrogens is 316 g/mol. The molecule has 0 atom stereocenters. The number of carbonyl (C=O) groups excluding carboxylic acids is 1. The zero-order valence-corrected chi connectivity index (χ0v) is 13.1. The van der Waals surface area contributed by atoms with Crippen LogP contribution < -0.4 is 5.63 Å². The average Bonchev–Trinajstić information content (AvgIpc) is 2.56. The highest BCUT2D eigenvalue weighted by Gasteiger charge is 2.19. The van der Waals surface area contributed by atoms with E-state index >= 15 is 0 Å². The topological polar surface area (TPSA) is 56.5 Å². The summed E-state index contributed by atoms with van der Waals surface area (Å²) in [6.07, 6.45) is -0.161. The van der Waals surface area contributed by atoms with E-state index in [0.29, 0.717) is 21.6 Å². The van der Waals surface area contributed by atoms with Gasteiger partial charge in [0, 0.05) is 16.0 Å². The number of carbonyl (C=O) groups is 1. The summed E-state index contributed by atoms with van der Waals surface area (Å²) in [6, 6.07) is 14.4. The highest BCUT2D eigenvalue weighted by Crippen LogP contribution is 2.32. The number of benzene rings is 2. The summed E-state index contributed by atoms with van der Waals surface area (Å²) < 4.78 is 10.0. The van der Waals surface area contributed by atoms with Crippen LogP contribution in [-0.2, 0) is 16.0 Å². The van der Waals surface area contributed by atoms with E-state index in [2.05, 4.69) is 0 Å². The lowest BCUT2D eigenvalue weighted by Gasteiger charge is -2.11. The summed E-state index contributed by atoms with van der Waals surface area (Å²) in [5.41, 5.74) is 1.59. The van der Waals surface area contributed by atoms with Gasteiger partial charge in [-0.25, -0.2) is 4.79 Å². The maximum absolute atomic E-state index is 12.4. The molecule has 0 fully saturated rings. The van der Waals surface area contributed by atoms with E-state index in [9.17, 15) is 9.59 Å². The highest BCUT2D eigenvalue weighted by molar-refractivity contribution is 6.31. The fourth-order valence-corrected chi connectivity index (χ4v) is 2.70. The Balaban J connectivity index is 2.38. The summed E-state index contributed by atoms with van der Waals surface area (Å²) >= 11 is 6.09. The number of halogens is 1. The molecule has 0 aliphatic heterocycles. The molecule has 2 aromatic carbocycles. The Bertz CT molecular complexity index is 929. The van der Waals surface area contributed by atoms with Gasteiger partial charge >= 0.3 is 11.6 Å². The van der Waals surface area contributed by atoms with Gasteiger partial charge in [0.1, 0.15) is 5.58 Å². The fraction of sp³-hybridized carbons (Fsp3) is 0.111. The molecule has 3 rings (SSSR count). The lowest BCUT2D eigenvalue weighted by atomic mass is 9.95. The van der Waals surface area contributed by atoms with Crippen molar-refractivity contribution >= 4 is 28.5 Å². The second-order valence-corrected chi connectivity index (χ2v) is 5.44. The number of methoxy groups -OCH3 is 1. The zero-order valence-electron chi connectivity index (χ0n) is 12.3. The first-order valence-electron chi connectivity index (χ1n) is 6.97. The van der Waals surface area contributed by atoms with Crippen molar-refractivity contribution in [2.45, 2.75) is 6.42 Å². The minimum absolute atomic E-state index is 0.161. The van der Waals surface area contributed by atoms with Crippen LogP contribution in [0.4, 0.5) is 0 Å². The summed E-state index contributed by atoms with van der Waals surface area (Å²) in [6.45, 7) is 0. The van der Waals surface area contributed by atoms with Gasteiger partial charge in [0.2, 0.25) is 0 Å². The molecule has 23 heavy (non-hydrogen) atoms. The van der Waals surface area contributed by atoms with Crippen LogP contribution in [0.15, 0.2) is 57.7 Å². The standard InChI is InChI=1S/C18H13ClO4/c1-22-16(20)10-14-17(11-5-3-2-4-6-11)13-9-12(19)7-8-15(13)23-18(14)21/h2-9H,10H2,1H3. The molecule has 0 unspecified atom stereocenters. The predicted octanol–water partition coefficient (Wildman–Crippen LogP) is 3.83. The van der Waals surface area contributed by atoms with Crippen molar-refractivity contribution in [1.29, 1.82) is 0 Å². The van der Waals surface area contributed by atoms with Gasteiger partial charge in [0.25, 0.3) is 0 Å². The van der Waals surface area contributed by atoms with Crippen LogP contribution in [0.25, 0.3) is 22.1 Å². The van der Waals surface area contributed by atoms with Crippen molar-refractivity contribution in [2.75, 3.05) is 7.11 Å². The number of hydrogen-bond acceptors (Lipinski definition) is 4. The van der Waals surface area contributed by atoms with Crippen molar-refractivity contribution in [3.63, 3.8) is 0 Å². The first-order valence-corrected chi connectivity index (χ1v) is 7.35. The molecule has 0 saturated carbocycles. The fourth-order valence-electron chi connectivity index (χ4n) is 2.52. The van der Waals surface area contributed by atoms with Crippen LogP contribution in [0.3, 0.4) is 0 Å². The molecule has 3 aromatic rings. The molecule has 1 aromatic heterocycles. The van der Waals surface area contributed by atoms with Gasteiger partial charge in [-0.3, -0.25) is 4.79 Å². The van der Waals surface area contributed by atoms with Crippen LogP contribution in [-0.4, -0.2) is 13.1 Å². The number of hydrogen-bond donors (Lipinski definition) is 0. The third kappa shape index (κ3) is 2.98. The molecular formula is C18H13ClO4. The third-order valence-electron chi connectivity index (χ3n) is 3.57. The zero-order chi connectivity index (χ0) is 16.4. The van der Waals surface area contributed by atoms with Crippen LogP contribution in [0, 0.1) is 0 Å². The highest BCUT2D eigenvalue weighted by atomic mass is 35.5. The second kappa shape index (κ2) is 6.26. The lowest BCUT2D eigenvalue weighted by molar-refractivity contribution is -0.139. The van der Waals surface area contributed by atoms with Crippen molar-refractivity contribution in [1.82, 2.24) is 0 Å². The van der Waals surface area contributed by atoms with E-state index in [1.54, 1.807) is 18.2 Å². The Kier molecular flexibility index (Phi) is 4.17. The molecule has 0 saturated heterocycles. The Morgan fingerprint density at radius 3 is 2.61 bits per heavy atom. The minimum atomic E-state index is -0.552. The van der Waals surface area contributed by atoms with E-state index in [-0.39, 0.29) is 12.0 Å². The lowest BCUT2D eigenvalue weighted by Crippen LogP contribution is -2.16. The molecule has 0 aliphatic rings. The van der Waals surface area contributed by atoms with Gasteiger partial charge in [0.15, 0.2) is 0 Å². The molecule has 0 amide bonds. The molecule has 0 bridgehead atoms. The number of esters is 1. The van der Waals surface area contributed by atoms with Gasteiger partial charge < -0.3 is 9.15 Å². The summed E-state index contributed by atoms with van der Waals surface area (Å²) in [7, 11) is 1.28. The first kappa shape index (κ1) is 15.3. The Labute approximate surface area is 137 Å². The number of fused-ring (bicyclic) bond motifs is 1. The quantitative estimate of drug-likeness (QED) is 0.541.